The number of benzene rings is 2. The molecule has 0 aromatic heterocycles. The van der Waals surface area contributed by atoms with Crippen LogP contribution in [0.25, 0.3) is 0 Å². The predicted octanol–water partition coefficient (Wildman–Crippen LogP) is 3.76. The Morgan fingerprint density at radius 2 is 1.74 bits per heavy atom. The van der Waals surface area contributed by atoms with E-state index in [1.165, 1.54) is 23.1 Å². The number of urea groups is 1. The Hall–Kier alpha value is -2.74. The van der Waals surface area contributed by atoms with Gasteiger partial charge in [0.25, 0.3) is 0 Å². The number of para-hydroxylation sites is 1. The molecular formula is C19H20F3N3O2. The van der Waals surface area contributed by atoms with E-state index in [2.05, 4.69) is 10.2 Å². The second-order valence-electron chi connectivity index (χ2n) is 6.41. The molecule has 3 rings (SSSR count). The third kappa shape index (κ3) is 4.91. The zero-order chi connectivity index (χ0) is 19.4. The van der Waals surface area contributed by atoms with Gasteiger partial charge < -0.3 is 15.3 Å². The van der Waals surface area contributed by atoms with Crippen LogP contribution >= 0.6 is 0 Å². The summed E-state index contributed by atoms with van der Waals surface area (Å²) >= 11 is 0. The Labute approximate surface area is 155 Å². The van der Waals surface area contributed by atoms with Crippen LogP contribution in [0.5, 0.6) is 5.75 Å². The van der Waals surface area contributed by atoms with Crippen molar-refractivity contribution < 1.29 is 23.1 Å². The maximum Gasteiger partial charge on any atom is 0.418 e. The van der Waals surface area contributed by atoms with Crippen molar-refractivity contribution in [3.63, 3.8) is 0 Å². The fourth-order valence-electron chi connectivity index (χ4n) is 3.06. The monoisotopic (exact) mass is 379 g/mol. The van der Waals surface area contributed by atoms with Gasteiger partial charge >= 0.3 is 12.2 Å². The Balaban J connectivity index is 1.56. The van der Waals surface area contributed by atoms with Gasteiger partial charge in [-0.1, -0.05) is 24.3 Å². The van der Waals surface area contributed by atoms with E-state index in [1.807, 2.05) is 6.07 Å². The number of alkyl halides is 3. The number of piperazine rings is 1. The van der Waals surface area contributed by atoms with Crippen LogP contribution in [0.1, 0.15) is 11.1 Å². The molecule has 1 aliphatic rings. The average molecular weight is 379 g/mol. The number of nitrogens with zero attached hydrogens (tertiary/aromatic N) is 2. The van der Waals surface area contributed by atoms with Crippen LogP contribution in [0.3, 0.4) is 0 Å². The second-order valence-corrected chi connectivity index (χ2v) is 6.41. The van der Waals surface area contributed by atoms with Crippen LogP contribution in [0.4, 0.5) is 23.7 Å². The highest BCUT2D eigenvalue weighted by atomic mass is 19.4. The first-order valence-electron chi connectivity index (χ1n) is 8.55. The lowest BCUT2D eigenvalue weighted by molar-refractivity contribution is -0.136. The SMILES string of the molecule is O=C(Nc1ccccc1C(F)(F)F)N1CCN(Cc2cccc(O)c2)CC1. The van der Waals surface area contributed by atoms with E-state index in [0.717, 1.165) is 11.6 Å². The molecule has 2 N–H and O–H groups in total. The molecule has 27 heavy (non-hydrogen) atoms. The second kappa shape index (κ2) is 7.87. The Bertz CT molecular complexity index is 803. The molecule has 0 radical (unpaired) electrons. The van der Waals surface area contributed by atoms with Gasteiger partial charge in [0, 0.05) is 32.7 Å². The number of amides is 2. The molecule has 0 saturated carbocycles. The van der Waals surface area contributed by atoms with E-state index in [-0.39, 0.29) is 11.4 Å². The molecule has 0 aliphatic carbocycles. The molecule has 2 aromatic carbocycles. The first-order chi connectivity index (χ1) is 12.8. The number of carbonyl (C=O) groups is 1. The number of phenols is 1. The quantitative estimate of drug-likeness (QED) is 0.854. The summed E-state index contributed by atoms with van der Waals surface area (Å²) in [7, 11) is 0. The summed E-state index contributed by atoms with van der Waals surface area (Å²) < 4.78 is 39.1. The van der Waals surface area contributed by atoms with Gasteiger partial charge in [-0.05, 0) is 29.8 Å². The molecule has 2 amide bonds. The molecule has 0 atom stereocenters. The van der Waals surface area contributed by atoms with Crippen molar-refractivity contribution >= 4 is 11.7 Å². The van der Waals surface area contributed by atoms with Crippen molar-refractivity contribution in [3.05, 3.63) is 59.7 Å². The first-order valence-corrected chi connectivity index (χ1v) is 8.55. The van der Waals surface area contributed by atoms with Crippen LogP contribution in [0.15, 0.2) is 48.5 Å². The van der Waals surface area contributed by atoms with Gasteiger partial charge in [0.05, 0.1) is 11.3 Å². The number of halogens is 3. The van der Waals surface area contributed by atoms with Crippen molar-refractivity contribution in [1.29, 1.82) is 0 Å². The van der Waals surface area contributed by atoms with E-state index in [4.69, 9.17) is 0 Å². The van der Waals surface area contributed by atoms with Crippen LogP contribution in [0.2, 0.25) is 0 Å². The number of carbonyl (C=O) groups excluding carboxylic acids is 1. The van der Waals surface area contributed by atoms with Crippen LogP contribution in [-0.4, -0.2) is 47.1 Å². The topological polar surface area (TPSA) is 55.8 Å². The van der Waals surface area contributed by atoms with Crippen molar-refractivity contribution in [2.24, 2.45) is 0 Å². The number of rotatable bonds is 3. The third-order valence-corrected chi connectivity index (χ3v) is 4.45. The number of aromatic hydroxyl groups is 1. The van der Waals surface area contributed by atoms with E-state index in [9.17, 15) is 23.1 Å². The number of anilines is 1. The Morgan fingerprint density at radius 3 is 2.41 bits per heavy atom. The smallest absolute Gasteiger partial charge is 0.418 e. The summed E-state index contributed by atoms with van der Waals surface area (Å²) in [5.74, 6) is 0.203. The maximum atomic E-state index is 13.0. The number of nitrogens with one attached hydrogen (secondary N) is 1. The predicted molar refractivity (Wildman–Crippen MR) is 95.4 cm³/mol. The highest BCUT2D eigenvalue weighted by molar-refractivity contribution is 5.90. The van der Waals surface area contributed by atoms with Crippen molar-refractivity contribution in [3.8, 4) is 5.75 Å². The standard InChI is InChI=1S/C19H20F3N3O2/c20-19(21,22)16-6-1-2-7-17(16)23-18(27)25-10-8-24(9-11-25)13-14-4-3-5-15(26)12-14/h1-7,12,26H,8-11,13H2,(H,23,27). The summed E-state index contributed by atoms with van der Waals surface area (Å²) in [6, 6.07) is 11.4. The Morgan fingerprint density at radius 1 is 1.04 bits per heavy atom. The lowest BCUT2D eigenvalue weighted by Gasteiger charge is -2.34. The lowest BCUT2D eigenvalue weighted by atomic mass is 10.1. The zero-order valence-electron chi connectivity index (χ0n) is 14.5. The maximum absolute atomic E-state index is 13.0. The summed E-state index contributed by atoms with van der Waals surface area (Å²) in [6.45, 7) is 2.67. The summed E-state index contributed by atoms with van der Waals surface area (Å²) in [4.78, 5) is 16.0. The molecular weight excluding hydrogens is 359 g/mol. The van der Waals surface area contributed by atoms with Gasteiger partial charge in [0.2, 0.25) is 0 Å². The molecule has 5 nitrogen and oxygen atoms in total. The Kier molecular flexibility index (Phi) is 5.55. The minimum Gasteiger partial charge on any atom is -0.508 e. The summed E-state index contributed by atoms with van der Waals surface area (Å²) in [5, 5.41) is 11.9. The minimum absolute atomic E-state index is 0.203. The van der Waals surface area contributed by atoms with Crippen molar-refractivity contribution in [2.75, 3.05) is 31.5 Å². The fourth-order valence-corrected chi connectivity index (χ4v) is 3.06. The molecule has 2 aromatic rings. The molecule has 1 aliphatic heterocycles. The van der Waals surface area contributed by atoms with Crippen molar-refractivity contribution in [2.45, 2.75) is 12.7 Å². The molecule has 144 valence electrons. The van der Waals surface area contributed by atoms with Gasteiger partial charge in [-0.15, -0.1) is 0 Å². The van der Waals surface area contributed by atoms with Gasteiger partial charge in [-0.3, -0.25) is 4.90 Å². The van der Waals surface area contributed by atoms with Crippen molar-refractivity contribution in [1.82, 2.24) is 9.80 Å². The molecule has 0 spiro atoms. The number of hydrogen-bond donors (Lipinski definition) is 2. The largest absolute Gasteiger partial charge is 0.508 e. The van der Waals surface area contributed by atoms with Crippen LogP contribution < -0.4 is 5.32 Å². The van der Waals surface area contributed by atoms with E-state index in [0.29, 0.717) is 32.7 Å². The third-order valence-electron chi connectivity index (χ3n) is 4.45. The van der Waals surface area contributed by atoms with Crippen LogP contribution in [-0.2, 0) is 12.7 Å². The van der Waals surface area contributed by atoms with Gasteiger partial charge in [0.1, 0.15) is 5.75 Å². The van der Waals surface area contributed by atoms with Crippen LogP contribution in [0, 0.1) is 0 Å². The van der Waals surface area contributed by atoms with Gasteiger partial charge in [-0.2, -0.15) is 13.2 Å². The minimum atomic E-state index is -4.52. The van der Waals surface area contributed by atoms with E-state index in [1.54, 1.807) is 18.2 Å². The normalized spacial score (nSPS) is 15.6. The first kappa shape index (κ1) is 19.0. The number of phenolic OH excluding ortho intramolecular Hbond substituents is 1. The fraction of sp³-hybridized carbons (Fsp3) is 0.316. The molecule has 1 saturated heterocycles. The lowest BCUT2D eigenvalue weighted by Crippen LogP contribution is -2.49. The molecule has 1 fully saturated rings. The molecule has 8 heteroatoms. The molecule has 1 heterocycles. The number of hydrogen-bond acceptors (Lipinski definition) is 3. The van der Waals surface area contributed by atoms with Gasteiger partial charge in [0.15, 0.2) is 0 Å². The molecule has 0 bridgehead atoms. The molecule has 0 unspecified atom stereocenters. The van der Waals surface area contributed by atoms with Gasteiger partial charge in [-0.25, -0.2) is 4.79 Å². The van der Waals surface area contributed by atoms with E-state index < -0.39 is 17.8 Å². The highest BCUT2D eigenvalue weighted by Crippen LogP contribution is 2.34. The zero-order valence-corrected chi connectivity index (χ0v) is 14.5. The summed E-state index contributed by atoms with van der Waals surface area (Å²) in [5.41, 5.74) is -0.134. The van der Waals surface area contributed by atoms with E-state index >= 15 is 0 Å². The highest BCUT2D eigenvalue weighted by Gasteiger charge is 2.34. The average Bonchev–Trinajstić information content (AvgIpc) is 2.62. The summed E-state index contributed by atoms with van der Waals surface area (Å²) in [6.07, 6.45) is -4.52.